The summed E-state index contributed by atoms with van der Waals surface area (Å²) in [5.74, 6) is 1.61. The van der Waals surface area contributed by atoms with E-state index in [4.69, 9.17) is 9.40 Å². The molecule has 1 spiro atoms. The number of likely N-dealkylation sites (tertiary alicyclic amines) is 1. The fraction of sp³-hybridized carbons (Fsp3) is 0.619. The number of fused-ring (bicyclic) bond motifs is 2. The van der Waals surface area contributed by atoms with Crippen LogP contribution in [0, 0.1) is 13.8 Å². The first kappa shape index (κ1) is 18.3. The molecule has 6 heteroatoms. The van der Waals surface area contributed by atoms with Gasteiger partial charge in [-0.15, -0.1) is 0 Å². The first-order chi connectivity index (χ1) is 13.0. The maximum absolute atomic E-state index is 13.0. The highest BCUT2D eigenvalue weighted by Crippen LogP contribution is 2.42. The summed E-state index contributed by atoms with van der Waals surface area (Å²) < 4.78 is 5.56. The van der Waals surface area contributed by atoms with E-state index in [9.17, 15) is 4.79 Å². The first-order valence-electron chi connectivity index (χ1n) is 10.2. The number of carbonyl (C=O) groups excluding carboxylic acids is 1. The smallest absolute Gasteiger partial charge is 0.257 e. The SMILES string of the molecule is CCCCN1CCc2[nH]cnc2C12CCN(C(=O)c1cc(C)oc1C)CC2. The van der Waals surface area contributed by atoms with Crippen LogP contribution in [0.5, 0.6) is 0 Å². The fourth-order valence-corrected chi connectivity index (χ4v) is 4.84. The zero-order valence-electron chi connectivity index (χ0n) is 16.7. The van der Waals surface area contributed by atoms with Crippen LogP contribution in [0.3, 0.4) is 0 Å². The zero-order valence-corrected chi connectivity index (χ0v) is 16.7. The van der Waals surface area contributed by atoms with Gasteiger partial charge >= 0.3 is 0 Å². The van der Waals surface area contributed by atoms with Crippen molar-refractivity contribution in [2.75, 3.05) is 26.2 Å². The molecule has 146 valence electrons. The van der Waals surface area contributed by atoms with E-state index in [1.807, 2.05) is 31.1 Å². The minimum absolute atomic E-state index is 0.0269. The van der Waals surface area contributed by atoms with Crippen molar-refractivity contribution in [1.82, 2.24) is 19.8 Å². The number of unbranched alkanes of at least 4 members (excludes halogenated alkanes) is 1. The van der Waals surface area contributed by atoms with E-state index in [1.165, 1.54) is 24.2 Å². The number of H-pyrrole nitrogens is 1. The van der Waals surface area contributed by atoms with Crippen LogP contribution in [0.15, 0.2) is 16.8 Å². The first-order valence-corrected chi connectivity index (χ1v) is 10.2. The third-order valence-corrected chi connectivity index (χ3v) is 6.33. The Labute approximate surface area is 160 Å². The molecule has 0 saturated carbocycles. The molecule has 0 radical (unpaired) electrons. The Morgan fingerprint density at radius 2 is 2.07 bits per heavy atom. The van der Waals surface area contributed by atoms with E-state index >= 15 is 0 Å². The lowest BCUT2D eigenvalue weighted by Crippen LogP contribution is -2.57. The highest BCUT2D eigenvalue weighted by molar-refractivity contribution is 5.95. The molecule has 2 aromatic rings. The number of nitrogens with zero attached hydrogens (tertiary/aromatic N) is 3. The molecule has 0 unspecified atom stereocenters. The van der Waals surface area contributed by atoms with E-state index < -0.39 is 0 Å². The van der Waals surface area contributed by atoms with Crippen molar-refractivity contribution in [2.45, 2.75) is 58.4 Å². The second-order valence-corrected chi connectivity index (χ2v) is 7.97. The Bertz CT molecular complexity index is 814. The quantitative estimate of drug-likeness (QED) is 0.896. The summed E-state index contributed by atoms with van der Waals surface area (Å²) in [5.41, 5.74) is 3.17. The third kappa shape index (κ3) is 3.10. The van der Waals surface area contributed by atoms with Crippen molar-refractivity contribution in [1.29, 1.82) is 0 Å². The number of aryl methyl sites for hydroxylation is 2. The van der Waals surface area contributed by atoms with E-state index in [0.717, 1.165) is 57.0 Å². The molecule has 2 aliphatic heterocycles. The Hall–Kier alpha value is -2.08. The average Bonchev–Trinajstić information content (AvgIpc) is 3.28. The Morgan fingerprint density at radius 3 is 2.74 bits per heavy atom. The number of carbonyl (C=O) groups is 1. The highest BCUT2D eigenvalue weighted by atomic mass is 16.3. The Morgan fingerprint density at radius 1 is 1.30 bits per heavy atom. The van der Waals surface area contributed by atoms with Crippen LogP contribution in [0.25, 0.3) is 0 Å². The second kappa shape index (κ2) is 7.15. The van der Waals surface area contributed by atoms with Crippen molar-refractivity contribution in [3.05, 3.63) is 40.9 Å². The molecule has 4 rings (SSSR count). The van der Waals surface area contributed by atoms with Crippen LogP contribution < -0.4 is 0 Å². The van der Waals surface area contributed by atoms with Gasteiger partial charge in [0.1, 0.15) is 11.5 Å². The number of piperidine rings is 1. The summed E-state index contributed by atoms with van der Waals surface area (Å²) in [5, 5.41) is 0. The number of hydrogen-bond donors (Lipinski definition) is 1. The molecule has 2 aliphatic rings. The molecular weight excluding hydrogens is 340 g/mol. The molecule has 1 fully saturated rings. The van der Waals surface area contributed by atoms with Gasteiger partial charge in [-0.2, -0.15) is 0 Å². The molecule has 4 heterocycles. The molecule has 0 atom stereocenters. The van der Waals surface area contributed by atoms with Crippen LogP contribution in [0.4, 0.5) is 0 Å². The Kier molecular flexibility index (Phi) is 4.84. The lowest BCUT2D eigenvalue weighted by atomic mass is 9.78. The van der Waals surface area contributed by atoms with Crippen molar-refractivity contribution in [3.8, 4) is 0 Å². The van der Waals surface area contributed by atoms with Gasteiger partial charge in [0, 0.05) is 31.7 Å². The van der Waals surface area contributed by atoms with Crippen LogP contribution in [0.2, 0.25) is 0 Å². The van der Waals surface area contributed by atoms with Gasteiger partial charge in [0.2, 0.25) is 0 Å². The van der Waals surface area contributed by atoms with Gasteiger partial charge < -0.3 is 14.3 Å². The highest BCUT2D eigenvalue weighted by Gasteiger charge is 2.47. The van der Waals surface area contributed by atoms with Gasteiger partial charge in [0.15, 0.2) is 0 Å². The summed E-state index contributed by atoms with van der Waals surface area (Å²) in [6.45, 7) is 9.71. The number of furan rings is 1. The van der Waals surface area contributed by atoms with Crippen molar-refractivity contribution >= 4 is 5.91 Å². The number of hydrogen-bond acceptors (Lipinski definition) is 4. The molecule has 2 aromatic heterocycles. The van der Waals surface area contributed by atoms with Gasteiger partial charge in [-0.1, -0.05) is 13.3 Å². The molecule has 1 amide bonds. The average molecular weight is 370 g/mol. The van der Waals surface area contributed by atoms with Crippen molar-refractivity contribution in [3.63, 3.8) is 0 Å². The maximum Gasteiger partial charge on any atom is 0.257 e. The number of amides is 1. The van der Waals surface area contributed by atoms with Gasteiger partial charge in [-0.25, -0.2) is 4.98 Å². The normalized spacial score (nSPS) is 19.4. The van der Waals surface area contributed by atoms with E-state index in [2.05, 4.69) is 16.8 Å². The fourth-order valence-electron chi connectivity index (χ4n) is 4.84. The predicted octanol–water partition coefficient (Wildman–Crippen LogP) is 3.41. The summed E-state index contributed by atoms with van der Waals surface area (Å²) in [6.07, 6.45) is 7.16. The van der Waals surface area contributed by atoms with Gasteiger partial charge in [-0.05, 0) is 45.7 Å². The lowest BCUT2D eigenvalue weighted by Gasteiger charge is -2.50. The van der Waals surface area contributed by atoms with Gasteiger partial charge in [-0.3, -0.25) is 9.69 Å². The van der Waals surface area contributed by atoms with Crippen LogP contribution >= 0.6 is 0 Å². The topological polar surface area (TPSA) is 65.4 Å². The lowest BCUT2D eigenvalue weighted by molar-refractivity contribution is 0.00627. The summed E-state index contributed by atoms with van der Waals surface area (Å²) in [7, 11) is 0. The molecule has 6 nitrogen and oxygen atoms in total. The van der Waals surface area contributed by atoms with Crippen LogP contribution in [0.1, 0.15) is 65.9 Å². The zero-order chi connectivity index (χ0) is 19.0. The molecule has 27 heavy (non-hydrogen) atoms. The third-order valence-electron chi connectivity index (χ3n) is 6.33. The monoisotopic (exact) mass is 370 g/mol. The summed E-state index contributed by atoms with van der Waals surface area (Å²) in [4.78, 5) is 25.7. The minimum atomic E-state index is -0.0269. The van der Waals surface area contributed by atoms with Crippen molar-refractivity contribution in [2.24, 2.45) is 0 Å². The summed E-state index contributed by atoms with van der Waals surface area (Å²) >= 11 is 0. The number of nitrogens with one attached hydrogen (secondary N) is 1. The standard InChI is InChI=1S/C21H30N4O2/c1-4-5-9-25-10-6-18-19(23-14-22-18)21(25)7-11-24(12-8-21)20(26)17-13-15(2)27-16(17)3/h13-14H,4-12H2,1-3H3,(H,22,23). The van der Waals surface area contributed by atoms with E-state index in [-0.39, 0.29) is 11.4 Å². The largest absolute Gasteiger partial charge is 0.466 e. The van der Waals surface area contributed by atoms with Gasteiger partial charge in [0.25, 0.3) is 5.91 Å². The number of aromatic nitrogens is 2. The molecule has 0 bridgehead atoms. The van der Waals surface area contributed by atoms with Crippen molar-refractivity contribution < 1.29 is 9.21 Å². The molecule has 0 aliphatic carbocycles. The van der Waals surface area contributed by atoms with Crippen LogP contribution in [-0.4, -0.2) is 51.9 Å². The van der Waals surface area contributed by atoms with Gasteiger partial charge in [0.05, 0.1) is 23.1 Å². The molecule has 0 aromatic carbocycles. The predicted molar refractivity (Wildman–Crippen MR) is 104 cm³/mol. The minimum Gasteiger partial charge on any atom is -0.466 e. The number of aromatic amines is 1. The molecular formula is C21H30N4O2. The number of rotatable bonds is 4. The van der Waals surface area contributed by atoms with E-state index in [0.29, 0.717) is 5.56 Å². The van der Waals surface area contributed by atoms with E-state index in [1.54, 1.807) is 0 Å². The number of imidazole rings is 1. The Balaban J connectivity index is 1.55. The van der Waals surface area contributed by atoms with Crippen LogP contribution in [-0.2, 0) is 12.0 Å². The molecule has 1 saturated heterocycles. The summed E-state index contributed by atoms with van der Waals surface area (Å²) in [6, 6.07) is 1.86. The molecule has 1 N–H and O–H groups in total. The maximum atomic E-state index is 13.0. The second-order valence-electron chi connectivity index (χ2n) is 7.97.